The molecule has 454 valence electrons. The Morgan fingerprint density at radius 3 is 1.44 bits per heavy atom. The predicted molar refractivity (Wildman–Crippen MR) is 314 cm³/mol. The maximum absolute atomic E-state index is 15.1. The van der Waals surface area contributed by atoms with Crippen molar-refractivity contribution in [2.75, 3.05) is 27.2 Å². The summed E-state index contributed by atoms with van der Waals surface area (Å²) in [6.07, 6.45) is 2.82. The summed E-state index contributed by atoms with van der Waals surface area (Å²) in [5, 5.41) is 20.0. The molecular formula is C61H95N11O10. The number of fused-ring (bicyclic) bond motifs is 1. The van der Waals surface area contributed by atoms with E-state index in [0.29, 0.717) is 31.2 Å². The molecule has 82 heavy (non-hydrogen) atoms. The molecule has 0 radical (unpaired) electrons. The van der Waals surface area contributed by atoms with Gasteiger partial charge in [0.2, 0.25) is 59.1 Å². The Labute approximate surface area is 485 Å². The van der Waals surface area contributed by atoms with Crippen LogP contribution in [0.1, 0.15) is 138 Å². The summed E-state index contributed by atoms with van der Waals surface area (Å²) < 4.78 is 0. The summed E-state index contributed by atoms with van der Waals surface area (Å²) in [6, 6.07) is 6.32. The number of nitrogens with zero attached hydrogens (tertiary/aromatic N) is 3. The van der Waals surface area contributed by atoms with E-state index in [1.165, 1.54) is 35.7 Å². The van der Waals surface area contributed by atoms with Gasteiger partial charge in [-0.15, -0.1) is 0 Å². The van der Waals surface area contributed by atoms with Crippen molar-refractivity contribution in [2.24, 2.45) is 29.4 Å². The zero-order valence-corrected chi connectivity index (χ0v) is 50.6. The molecule has 2 aliphatic heterocycles. The fraction of sp³-hybridized carbons (Fsp3) is 0.639. The number of nitrogens with two attached hydrogens (primary N) is 1. The Morgan fingerprint density at radius 2 is 0.939 bits per heavy atom. The van der Waals surface area contributed by atoms with E-state index in [1.54, 1.807) is 58.0 Å². The number of unbranched alkanes of at least 4 members (excludes halogenated alkanes) is 1. The smallest absolute Gasteiger partial charge is 0.246 e. The van der Waals surface area contributed by atoms with Gasteiger partial charge in [-0.2, -0.15) is 0 Å². The van der Waals surface area contributed by atoms with E-state index in [4.69, 9.17) is 5.73 Å². The van der Waals surface area contributed by atoms with Crippen LogP contribution in [0.5, 0.6) is 0 Å². The zero-order valence-electron chi connectivity index (χ0n) is 50.6. The van der Waals surface area contributed by atoms with Crippen LogP contribution in [0.4, 0.5) is 0 Å². The topological polar surface area (TPSA) is 291 Å². The highest BCUT2D eigenvalue weighted by atomic mass is 16.2. The van der Waals surface area contributed by atoms with E-state index in [-0.39, 0.29) is 69.9 Å². The highest BCUT2D eigenvalue weighted by Gasteiger charge is 2.43. The summed E-state index contributed by atoms with van der Waals surface area (Å²) in [5.74, 6) is -7.69. The molecule has 0 unspecified atom stereocenters. The van der Waals surface area contributed by atoms with Gasteiger partial charge < -0.3 is 57.7 Å². The lowest BCUT2D eigenvalue weighted by molar-refractivity contribution is -0.149. The Hall–Kier alpha value is -6.90. The molecule has 2 heterocycles. The molecule has 9 N–H and O–H groups in total. The summed E-state index contributed by atoms with van der Waals surface area (Å²) >= 11 is 0. The molecule has 2 aromatic carbocycles. The normalized spacial score (nSPS) is 26.0. The number of nitrogens with one attached hydrogen (secondary N) is 7. The van der Waals surface area contributed by atoms with E-state index < -0.39 is 131 Å². The average Bonchev–Trinajstić information content (AvgIpc) is 4.11. The van der Waals surface area contributed by atoms with Crippen molar-refractivity contribution in [3.8, 4) is 0 Å². The first-order chi connectivity index (χ1) is 38.8. The quantitative estimate of drug-likeness (QED) is 0.121. The molecule has 10 amide bonds. The van der Waals surface area contributed by atoms with Gasteiger partial charge in [-0.25, -0.2) is 0 Å². The fourth-order valence-electron chi connectivity index (χ4n) is 10.4. The van der Waals surface area contributed by atoms with Crippen LogP contribution in [0.3, 0.4) is 0 Å². The van der Waals surface area contributed by atoms with Gasteiger partial charge in [-0.05, 0) is 93.2 Å². The zero-order chi connectivity index (χ0) is 61.0. The summed E-state index contributed by atoms with van der Waals surface area (Å²) in [6.45, 7) is 18.2. The number of likely N-dealkylation sites (N-methyl/N-ethyl adjacent to an activating group) is 2. The molecule has 21 nitrogen and oxygen atoms in total. The van der Waals surface area contributed by atoms with E-state index in [9.17, 15) is 43.2 Å². The van der Waals surface area contributed by atoms with Crippen molar-refractivity contribution in [1.82, 2.24) is 51.9 Å². The maximum Gasteiger partial charge on any atom is 0.246 e. The molecule has 0 spiro atoms. The number of rotatable bonds is 16. The second-order valence-corrected chi connectivity index (χ2v) is 23.8. The third-order valence-corrected chi connectivity index (χ3v) is 15.4. The lowest BCUT2D eigenvalue weighted by Gasteiger charge is -2.36. The van der Waals surface area contributed by atoms with Crippen molar-refractivity contribution in [3.05, 3.63) is 71.8 Å². The summed E-state index contributed by atoms with van der Waals surface area (Å²) in [5.41, 5.74) is 7.35. The highest BCUT2D eigenvalue weighted by Crippen LogP contribution is 2.24. The molecule has 0 bridgehead atoms. The number of amides is 10. The van der Waals surface area contributed by atoms with Gasteiger partial charge >= 0.3 is 0 Å². The van der Waals surface area contributed by atoms with E-state index in [2.05, 4.69) is 37.2 Å². The van der Waals surface area contributed by atoms with Gasteiger partial charge in [-0.3, -0.25) is 47.9 Å². The van der Waals surface area contributed by atoms with Gasteiger partial charge in [0.05, 0.1) is 0 Å². The van der Waals surface area contributed by atoms with Gasteiger partial charge in [0.25, 0.3) is 0 Å². The van der Waals surface area contributed by atoms with Crippen molar-refractivity contribution in [3.63, 3.8) is 0 Å². The molecular weight excluding hydrogens is 1050 g/mol. The lowest BCUT2D eigenvalue weighted by Crippen LogP contribution is -2.62. The van der Waals surface area contributed by atoms with Crippen molar-refractivity contribution < 1.29 is 47.9 Å². The number of carbonyl (C=O) groups is 10. The Balaban J connectivity index is 1.86. The van der Waals surface area contributed by atoms with E-state index >= 15 is 4.79 Å². The van der Waals surface area contributed by atoms with Crippen LogP contribution < -0.4 is 43.0 Å². The van der Waals surface area contributed by atoms with Crippen LogP contribution in [0.15, 0.2) is 60.7 Å². The predicted octanol–water partition coefficient (Wildman–Crippen LogP) is 2.88. The Morgan fingerprint density at radius 1 is 0.500 bits per heavy atom. The van der Waals surface area contributed by atoms with Crippen molar-refractivity contribution in [2.45, 2.75) is 200 Å². The molecule has 2 saturated heterocycles. The highest BCUT2D eigenvalue weighted by molar-refractivity contribution is 6.00. The summed E-state index contributed by atoms with van der Waals surface area (Å²) in [4.78, 5) is 150. The number of hydrogen-bond donors (Lipinski definition) is 8. The van der Waals surface area contributed by atoms with E-state index in [0.717, 1.165) is 5.56 Å². The Bertz CT molecular complexity index is 2480. The molecule has 0 aliphatic carbocycles. The van der Waals surface area contributed by atoms with Gasteiger partial charge in [-0.1, -0.05) is 136 Å². The molecule has 2 aliphatic rings. The molecule has 2 aromatic rings. The van der Waals surface area contributed by atoms with Gasteiger partial charge in [0.15, 0.2) is 0 Å². The minimum Gasteiger partial charge on any atom is -0.343 e. The number of benzene rings is 2. The van der Waals surface area contributed by atoms with Gasteiger partial charge in [0, 0.05) is 33.5 Å². The second-order valence-electron chi connectivity index (χ2n) is 23.8. The largest absolute Gasteiger partial charge is 0.343 e. The summed E-state index contributed by atoms with van der Waals surface area (Å²) in [7, 11) is 2.90. The van der Waals surface area contributed by atoms with Crippen LogP contribution in [0.2, 0.25) is 0 Å². The van der Waals surface area contributed by atoms with Gasteiger partial charge in [0.1, 0.15) is 60.4 Å². The molecule has 21 heteroatoms. The third kappa shape index (κ3) is 19.6. The molecule has 2 fully saturated rings. The molecule has 0 aromatic heterocycles. The SMILES string of the molecule is CCCC[C@@H]1NC(=O)[C@H](C(C)C)NC(=O)[C@@H]2CCCN2C(=O)[C@@H](Cc2ccccc2)N(C)C(=O)[C@H](CC(C)C)NC(=O)[C@H](CCCN)NC(=O)[C@H](C(C)C)NC(=O)[C@H](C)N(C)C(=O)[C@@H](Cc2ccccc2)NC(=O)[C@H](CC(C)C)NC1=O. The third-order valence-electron chi connectivity index (χ3n) is 15.4. The molecule has 10 atom stereocenters. The van der Waals surface area contributed by atoms with Crippen LogP contribution in [-0.4, -0.2) is 161 Å². The fourth-order valence-corrected chi connectivity index (χ4v) is 10.4. The van der Waals surface area contributed by atoms with Crippen LogP contribution >= 0.6 is 0 Å². The monoisotopic (exact) mass is 1140 g/mol. The number of hydrogen-bond acceptors (Lipinski definition) is 11. The van der Waals surface area contributed by atoms with E-state index in [1.807, 2.05) is 65.0 Å². The Kier molecular flexibility index (Phi) is 26.9. The average molecular weight is 1140 g/mol. The first-order valence-electron chi connectivity index (χ1n) is 29.5. The minimum atomic E-state index is -1.24. The first-order valence-corrected chi connectivity index (χ1v) is 29.5. The second kappa shape index (κ2) is 32.7. The molecule has 0 saturated carbocycles. The van der Waals surface area contributed by atoms with Crippen LogP contribution in [0.25, 0.3) is 0 Å². The van der Waals surface area contributed by atoms with Crippen molar-refractivity contribution in [1.29, 1.82) is 0 Å². The lowest BCUT2D eigenvalue weighted by atomic mass is 9.98. The standard InChI is InChI=1S/C61H95N11O10/c1-13-14-27-43-53(74)65-45(32-36(2)3)55(76)67-47(34-41-23-17-15-18-24-41)59(80)70(11)40(10)52(73)68-50(38(6)7)57(78)64-44(28-21-30-62)54(75)66-46(33-37(4)5)60(81)71(12)49(35-42-25-19-16-20-26-42)61(82)72-31-22-29-48(72)56(77)69-51(39(8)9)58(79)63-43/h15-20,23-26,36-40,43-51H,13-14,21-22,27-35,62H2,1-12H3,(H,63,79)(H,64,78)(H,65,74)(H,66,75)(H,67,76)(H,68,73)(H,69,77)/t40-,43-,44-,45-,46-,47+,48-,49+,50-,51-/m0/s1. The molecule has 4 rings (SSSR count). The van der Waals surface area contributed by atoms with Crippen molar-refractivity contribution >= 4 is 59.1 Å². The van der Waals surface area contributed by atoms with Crippen LogP contribution in [-0.2, 0) is 60.8 Å². The van der Waals surface area contributed by atoms with Crippen LogP contribution in [0, 0.1) is 23.7 Å². The number of carbonyl (C=O) groups excluding carboxylic acids is 10. The maximum atomic E-state index is 15.1. The minimum absolute atomic E-state index is 0.00810. The first kappa shape index (κ1) is 67.6.